The third-order valence-electron chi connectivity index (χ3n) is 2.84. The van der Waals surface area contributed by atoms with Crippen LogP contribution in [0.5, 0.6) is 0 Å². The molecule has 1 aromatic carbocycles. The molecule has 1 atom stereocenters. The highest BCUT2D eigenvalue weighted by Crippen LogP contribution is 2.25. The average Bonchev–Trinajstić information content (AvgIpc) is 2.58. The lowest BCUT2D eigenvalue weighted by atomic mass is 10.2. The zero-order valence-electron chi connectivity index (χ0n) is 10.3. The van der Waals surface area contributed by atoms with Gasteiger partial charge in [0, 0.05) is 37.4 Å². The molecule has 1 aromatic rings. The summed E-state index contributed by atoms with van der Waals surface area (Å²) in [5.41, 5.74) is 7.44. The van der Waals surface area contributed by atoms with Gasteiger partial charge in [-0.1, -0.05) is 23.9 Å². The van der Waals surface area contributed by atoms with E-state index in [0.29, 0.717) is 25.2 Å². The van der Waals surface area contributed by atoms with Gasteiger partial charge in [-0.15, -0.1) is 0 Å². The Balaban J connectivity index is 1.98. The summed E-state index contributed by atoms with van der Waals surface area (Å²) in [5.74, 6) is 0.108. The van der Waals surface area contributed by atoms with Gasteiger partial charge in [-0.05, 0) is 17.7 Å². The lowest BCUT2D eigenvalue weighted by molar-refractivity contribution is -0.128. The second-order valence-corrected chi connectivity index (χ2v) is 5.93. The van der Waals surface area contributed by atoms with Crippen molar-refractivity contribution >= 4 is 28.5 Å². The maximum atomic E-state index is 11.8. The summed E-state index contributed by atoms with van der Waals surface area (Å²) in [6.07, 6.45) is 0.451. The molecule has 0 radical (unpaired) electrons. The summed E-state index contributed by atoms with van der Waals surface area (Å²) in [7, 11) is 0. The Hall–Kier alpha value is -1.49. The first kappa shape index (κ1) is 13.0. The molecular weight excluding hydrogens is 248 g/mol. The van der Waals surface area contributed by atoms with E-state index in [-0.39, 0.29) is 16.3 Å². The topological polar surface area (TPSA) is 63.4 Å². The molecule has 1 saturated heterocycles. The van der Waals surface area contributed by atoms with Crippen LogP contribution in [0, 0.1) is 0 Å². The fraction of sp³-hybridized carbons (Fsp3) is 0.385. The van der Waals surface area contributed by atoms with E-state index >= 15 is 0 Å². The van der Waals surface area contributed by atoms with Crippen LogP contribution in [0.2, 0.25) is 0 Å². The smallest absolute Gasteiger partial charge is 0.224 e. The van der Waals surface area contributed by atoms with E-state index in [1.165, 1.54) is 18.7 Å². The van der Waals surface area contributed by atoms with Crippen LogP contribution in [0.4, 0.5) is 5.69 Å². The molecule has 1 amide bonds. The van der Waals surface area contributed by atoms with Crippen molar-refractivity contribution in [2.75, 3.05) is 12.3 Å². The van der Waals surface area contributed by atoms with Gasteiger partial charge in [0.25, 0.3) is 0 Å². The number of carbonyl (C=O) groups excluding carboxylic acids is 2. The first-order chi connectivity index (χ1) is 8.54. The zero-order valence-corrected chi connectivity index (χ0v) is 11.1. The van der Waals surface area contributed by atoms with Crippen molar-refractivity contribution in [2.24, 2.45) is 0 Å². The highest BCUT2D eigenvalue weighted by Gasteiger charge is 2.30. The minimum absolute atomic E-state index is 0.0682. The number of thioether (sulfide) groups is 1. The second-order valence-electron chi connectivity index (χ2n) is 4.45. The summed E-state index contributed by atoms with van der Waals surface area (Å²) >= 11 is 1.26. The number of carbonyl (C=O) groups is 2. The summed E-state index contributed by atoms with van der Waals surface area (Å²) in [6, 6.07) is 7.53. The van der Waals surface area contributed by atoms with Gasteiger partial charge < -0.3 is 10.6 Å². The van der Waals surface area contributed by atoms with Gasteiger partial charge >= 0.3 is 0 Å². The fourth-order valence-electron chi connectivity index (χ4n) is 2.11. The maximum absolute atomic E-state index is 11.8. The van der Waals surface area contributed by atoms with Crippen molar-refractivity contribution in [3.8, 4) is 0 Å². The fourth-order valence-corrected chi connectivity index (χ4v) is 3.06. The molecule has 1 heterocycles. The van der Waals surface area contributed by atoms with E-state index in [1.54, 1.807) is 4.90 Å². The first-order valence-electron chi connectivity index (χ1n) is 5.84. The van der Waals surface area contributed by atoms with Gasteiger partial charge in [0.15, 0.2) is 5.12 Å². The molecule has 18 heavy (non-hydrogen) atoms. The lowest BCUT2D eigenvalue weighted by Gasteiger charge is -2.16. The summed E-state index contributed by atoms with van der Waals surface area (Å²) < 4.78 is 0. The molecule has 2 rings (SSSR count). The van der Waals surface area contributed by atoms with Crippen molar-refractivity contribution in [1.29, 1.82) is 0 Å². The van der Waals surface area contributed by atoms with Crippen molar-refractivity contribution in [3.63, 3.8) is 0 Å². The number of rotatable bonds is 3. The second kappa shape index (κ2) is 5.44. The predicted molar refractivity (Wildman–Crippen MR) is 72.9 cm³/mol. The van der Waals surface area contributed by atoms with E-state index in [9.17, 15) is 9.59 Å². The summed E-state index contributed by atoms with van der Waals surface area (Å²) in [4.78, 5) is 24.6. The Bertz CT molecular complexity index is 476. The minimum atomic E-state index is 0.0682. The maximum Gasteiger partial charge on any atom is 0.224 e. The van der Waals surface area contributed by atoms with Crippen LogP contribution in [-0.4, -0.2) is 27.7 Å². The monoisotopic (exact) mass is 264 g/mol. The summed E-state index contributed by atoms with van der Waals surface area (Å²) in [6.45, 7) is 2.74. The first-order valence-corrected chi connectivity index (χ1v) is 6.72. The number of hydrogen-bond acceptors (Lipinski definition) is 4. The quantitative estimate of drug-likeness (QED) is 0.843. The van der Waals surface area contributed by atoms with E-state index in [2.05, 4.69) is 0 Å². The van der Waals surface area contributed by atoms with Crippen molar-refractivity contribution in [3.05, 3.63) is 29.8 Å². The molecule has 0 spiro atoms. The molecule has 1 fully saturated rings. The molecule has 4 nitrogen and oxygen atoms in total. The molecule has 0 saturated carbocycles. The lowest BCUT2D eigenvalue weighted by Crippen LogP contribution is -2.25. The van der Waals surface area contributed by atoms with Crippen LogP contribution in [0.15, 0.2) is 24.3 Å². The van der Waals surface area contributed by atoms with Crippen LogP contribution in [0.3, 0.4) is 0 Å². The van der Waals surface area contributed by atoms with Crippen molar-refractivity contribution in [2.45, 2.75) is 25.1 Å². The molecule has 96 valence electrons. The minimum Gasteiger partial charge on any atom is -0.399 e. The van der Waals surface area contributed by atoms with Gasteiger partial charge in [-0.2, -0.15) is 0 Å². The number of hydrogen-bond donors (Lipinski definition) is 1. The Morgan fingerprint density at radius 3 is 3.00 bits per heavy atom. The molecule has 5 heteroatoms. The molecule has 0 aromatic heterocycles. The molecule has 2 N–H and O–H groups in total. The zero-order chi connectivity index (χ0) is 13.1. The molecule has 1 aliphatic heterocycles. The molecular formula is C13H16N2O2S. The van der Waals surface area contributed by atoms with E-state index in [0.717, 1.165) is 5.56 Å². The molecule has 1 unspecified atom stereocenters. The highest BCUT2D eigenvalue weighted by molar-refractivity contribution is 8.14. The Morgan fingerprint density at radius 2 is 2.33 bits per heavy atom. The largest absolute Gasteiger partial charge is 0.399 e. The summed E-state index contributed by atoms with van der Waals surface area (Å²) in [5, 5.41) is 0.162. The Labute approximate surface area is 111 Å². The van der Waals surface area contributed by atoms with Crippen LogP contribution >= 0.6 is 11.8 Å². The van der Waals surface area contributed by atoms with Gasteiger partial charge in [0.05, 0.1) is 0 Å². The number of amides is 1. The Morgan fingerprint density at radius 1 is 1.56 bits per heavy atom. The third kappa shape index (κ3) is 3.26. The van der Waals surface area contributed by atoms with Crippen LogP contribution in [-0.2, 0) is 16.1 Å². The van der Waals surface area contributed by atoms with Crippen molar-refractivity contribution in [1.82, 2.24) is 4.90 Å². The number of nitrogens with zero attached hydrogens (tertiary/aromatic N) is 1. The van der Waals surface area contributed by atoms with E-state index < -0.39 is 0 Å². The van der Waals surface area contributed by atoms with Gasteiger partial charge in [0.1, 0.15) is 0 Å². The number of likely N-dealkylation sites (tertiary alicyclic amines) is 1. The third-order valence-corrected chi connectivity index (χ3v) is 3.82. The molecule has 0 aliphatic carbocycles. The van der Waals surface area contributed by atoms with Crippen molar-refractivity contribution < 1.29 is 9.59 Å². The van der Waals surface area contributed by atoms with Crippen LogP contribution in [0.25, 0.3) is 0 Å². The van der Waals surface area contributed by atoms with Gasteiger partial charge in [0.2, 0.25) is 5.91 Å². The number of nitrogens with two attached hydrogens (primary N) is 1. The van der Waals surface area contributed by atoms with Gasteiger partial charge in [-0.3, -0.25) is 9.59 Å². The molecule has 0 bridgehead atoms. The highest BCUT2D eigenvalue weighted by atomic mass is 32.2. The number of nitrogen functional groups attached to an aromatic ring is 1. The van der Waals surface area contributed by atoms with Crippen LogP contribution in [0.1, 0.15) is 18.9 Å². The predicted octanol–water partition coefficient (Wildman–Crippen LogP) is 1.65. The number of anilines is 1. The number of benzene rings is 1. The van der Waals surface area contributed by atoms with Crippen LogP contribution < -0.4 is 5.73 Å². The van der Waals surface area contributed by atoms with E-state index in [1.807, 2.05) is 24.3 Å². The average molecular weight is 264 g/mol. The van der Waals surface area contributed by atoms with Gasteiger partial charge in [-0.25, -0.2) is 0 Å². The standard InChI is InChI=1S/C13H16N2O2S/c1-9(16)18-12-6-13(17)15(8-12)7-10-3-2-4-11(14)5-10/h2-5,12H,6-8,14H2,1H3. The van der Waals surface area contributed by atoms with E-state index in [4.69, 9.17) is 5.73 Å². The Kier molecular flexibility index (Phi) is 3.91. The normalized spacial score (nSPS) is 19.3. The SMILES string of the molecule is CC(=O)SC1CC(=O)N(Cc2cccc(N)c2)C1. The molecule has 1 aliphatic rings.